The molecule has 7 nitrogen and oxygen atoms in total. The van der Waals surface area contributed by atoms with Crippen LogP contribution >= 0.6 is 0 Å². The zero-order valence-electron chi connectivity index (χ0n) is 23.4. The fourth-order valence-electron chi connectivity index (χ4n) is 9.76. The average Bonchev–Trinajstić information content (AvgIpc) is 3.50. The monoisotopic (exact) mass is 538 g/mol. The largest absolute Gasteiger partial charge is 0.508 e. The first-order chi connectivity index (χ1) is 19.1. The number of phenols is 1. The minimum absolute atomic E-state index is 0.406. The van der Waals surface area contributed by atoms with E-state index in [1.54, 1.807) is 0 Å². The van der Waals surface area contributed by atoms with Crippen LogP contribution in [0.5, 0.6) is 5.75 Å². The Bertz CT molecular complexity index is 1000. The maximum Gasteiger partial charge on any atom is 0.239 e. The van der Waals surface area contributed by atoms with Crippen molar-refractivity contribution in [3.8, 4) is 5.75 Å². The van der Waals surface area contributed by atoms with Crippen molar-refractivity contribution in [2.45, 2.75) is 114 Å². The maximum atomic E-state index is 10.7. The maximum absolute atomic E-state index is 10.7. The van der Waals surface area contributed by atoms with E-state index in [4.69, 9.17) is 19.6 Å². The first-order valence-electron chi connectivity index (χ1n) is 16.1. The molecule has 2 spiro atoms. The molecule has 4 bridgehead atoms. The lowest BCUT2D eigenvalue weighted by Crippen LogP contribution is -2.64. The molecule has 0 unspecified atom stereocenters. The van der Waals surface area contributed by atoms with Gasteiger partial charge in [0.1, 0.15) is 5.75 Å². The van der Waals surface area contributed by atoms with Gasteiger partial charge in [-0.15, -0.1) is 0 Å². The number of nitrogens with zero attached hydrogens (tertiary/aromatic N) is 2. The second kappa shape index (κ2) is 9.95. The molecule has 8 fully saturated rings. The molecule has 5 saturated carbocycles. The van der Waals surface area contributed by atoms with Gasteiger partial charge in [-0.05, 0) is 126 Å². The van der Waals surface area contributed by atoms with Gasteiger partial charge in [0.15, 0.2) is 0 Å². The molecule has 8 aliphatic rings. The first-order valence-corrected chi connectivity index (χ1v) is 16.1. The van der Waals surface area contributed by atoms with Crippen molar-refractivity contribution in [3.63, 3.8) is 0 Å². The Kier molecular flexibility index (Phi) is 6.50. The smallest absolute Gasteiger partial charge is 0.239 e. The summed E-state index contributed by atoms with van der Waals surface area (Å²) in [7, 11) is 0. The second-order valence-corrected chi connectivity index (χ2v) is 14.2. The highest BCUT2D eigenvalue weighted by Crippen LogP contribution is 2.62. The Morgan fingerprint density at radius 1 is 0.769 bits per heavy atom. The third kappa shape index (κ3) is 4.56. The second-order valence-electron chi connectivity index (χ2n) is 14.2. The summed E-state index contributed by atoms with van der Waals surface area (Å²) in [5.74, 6) is 1.89. The van der Waals surface area contributed by atoms with E-state index in [-0.39, 0.29) is 0 Å². The van der Waals surface area contributed by atoms with Crippen LogP contribution in [0.3, 0.4) is 0 Å². The van der Waals surface area contributed by atoms with Crippen LogP contribution in [-0.2, 0) is 26.1 Å². The van der Waals surface area contributed by atoms with Gasteiger partial charge >= 0.3 is 0 Å². The number of aromatic hydroxyl groups is 1. The summed E-state index contributed by atoms with van der Waals surface area (Å²) in [4.78, 5) is 30.0. The van der Waals surface area contributed by atoms with Crippen LogP contribution in [0.4, 0.5) is 0 Å². The number of piperidine rings is 1. The number of hydrogen-bond donors (Lipinski definition) is 1. The van der Waals surface area contributed by atoms with E-state index in [0.717, 1.165) is 68.8 Å². The predicted molar refractivity (Wildman–Crippen MR) is 145 cm³/mol. The highest BCUT2D eigenvalue weighted by Gasteiger charge is 2.64. The lowest BCUT2D eigenvalue weighted by Gasteiger charge is -2.60. The van der Waals surface area contributed by atoms with Crippen molar-refractivity contribution < 1.29 is 24.7 Å². The minimum Gasteiger partial charge on any atom is -0.508 e. The molecule has 3 aliphatic heterocycles. The van der Waals surface area contributed by atoms with Gasteiger partial charge in [-0.1, -0.05) is 12.1 Å². The molecule has 0 radical (unpaired) electrons. The molecule has 3 heterocycles. The standard InChI is InChI=1S/C32H46N2O5/c35-30-4-3-25(20-26(30)21-33-13-7-29(8-14-33)34-11-1-2-12-34)24-5-9-31(10-6-24)36-38-32(39-37-31)27-16-22-15-23(18-27)19-28(32)17-22/h3-4,20,22-24,27-29,35H,1-2,5-19,21H2. The molecule has 0 atom stereocenters. The van der Waals surface area contributed by atoms with Crippen LogP contribution in [0.25, 0.3) is 0 Å². The zero-order chi connectivity index (χ0) is 26.0. The number of phenolic OH excluding ortho intramolecular Hbond substituents is 1. The SMILES string of the molecule is Oc1ccc(C2CCC3(CC2)OOC2(OO3)C3CC4CC(C3)CC2C4)cc1CN1CCC(N2CCCC2)CC1. The van der Waals surface area contributed by atoms with Crippen molar-refractivity contribution in [2.75, 3.05) is 26.2 Å². The lowest BCUT2D eigenvalue weighted by molar-refractivity contribution is -0.680. The van der Waals surface area contributed by atoms with E-state index in [2.05, 4.69) is 21.9 Å². The summed E-state index contributed by atoms with van der Waals surface area (Å²) in [6.45, 7) is 5.65. The third-order valence-corrected chi connectivity index (χ3v) is 11.9. The molecule has 3 saturated heterocycles. The number of hydrogen-bond acceptors (Lipinski definition) is 7. The Balaban J connectivity index is 0.869. The molecule has 7 heteroatoms. The summed E-state index contributed by atoms with van der Waals surface area (Å²) >= 11 is 0. The van der Waals surface area contributed by atoms with Gasteiger partial charge in [0.25, 0.3) is 0 Å². The van der Waals surface area contributed by atoms with Crippen LogP contribution in [0.1, 0.15) is 101 Å². The van der Waals surface area contributed by atoms with Crippen LogP contribution in [0, 0.1) is 23.7 Å². The summed E-state index contributed by atoms with van der Waals surface area (Å²) < 4.78 is 0. The molecule has 9 rings (SSSR count). The molecular formula is C32H46N2O5. The predicted octanol–water partition coefficient (Wildman–Crippen LogP) is 5.87. The molecule has 0 amide bonds. The first kappa shape index (κ1) is 25.5. The quantitative estimate of drug-likeness (QED) is 0.481. The van der Waals surface area contributed by atoms with Gasteiger partial charge in [0.2, 0.25) is 11.6 Å². The van der Waals surface area contributed by atoms with E-state index in [0.29, 0.717) is 23.5 Å². The van der Waals surface area contributed by atoms with Crippen LogP contribution in [0.2, 0.25) is 0 Å². The van der Waals surface area contributed by atoms with Gasteiger partial charge in [0, 0.05) is 42.8 Å². The summed E-state index contributed by atoms with van der Waals surface area (Å²) in [6.07, 6.45) is 14.8. The van der Waals surface area contributed by atoms with Crippen molar-refractivity contribution in [2.24, 2.45) is 23.7 Å². The lowest BCUT2D eigenvalue weighted by atomic mass is 9.53. The van der Waals surface area contributed by atoms with Gasteiger partial charge < -0.3 is 10.0 Å². The molecule has 0 aromatic heterocycles. The van der Waals surface area contributed by atoms with Crippen molar-refractivity contribution in [3.05, 3.63) is 29.3 Å². The molecule has 214 valence electrons. The normalized spacial score (nSPS) is 43.1. The van der Waals surface area contributed by atoms with Crippen LogP contribution < -0.4 is 0 Å². The van der Waals surface area contributed by atoms with E-state index in [1.165, 1.54) is 76.4 Å². The van der Waals surface area contributed by atoms with Crippen molar-refractivity contribution in [1.82, 2.24) is 9.80 Å². The fourth-order valence-corrected chi connectivity index (χ4v) is 9.76. The Morgan fingerprint density at radius 3 is 2.05 bits per heavy atom. The summed E-state index contributed by atoms with van der Waals surface area (Å²) in [5, 5.41) is 10.7. The van der Waals surface area contributed by atoms with Crippen LogP contribution in [0.15, 0.2) is 18.2 Å². The van der Waals surface area contributed by atoms with Gasteiger partial charge in [0.05, 0.1) is 0 Å². The third-order valence-electron chi connectivity index (χ3n) is 11.9. The van der Waals surface area contributed by atoms with Gasteiger partial charge in [-0.3, -0.25) is 4.90 Å². The molecule has 5 aliphatic carbocycles. The molecule has 1 aromatic carbocycles. The number of benzene rings is 1. The molecule has 1 N–H and O–H groups in total. The topological polar surface area (TPSA) is 63.6 Å². The number of likely N-dealkylation sites (tertiary alicyclic amines) is 2. The Morgan fingerprint density at radius 2 is 1.41 bits per heavy atom. The average molecular weight is 539 g/mol. The van der Waals surface area contributed by atoms with Crippen LogP contribution in [-0.4, -0.2) is 58.7 Å². The Hall–Kier alpha value is -1.22. The number of rotatable bonds is 4. The van der Waals surface area contributed by atoms with E-state index >= 15 is 0 Å². The van der Waals surface area contributed by atoms with Crippen molar-refractivity contribution in [1.29, 1.82) is 0 Å². The fraction of sp³-hybridized carbons (Fsp3) is 0.812. The highest BCUT2D eigenvalue weighted by atomic mass is 17.4. The van der Waals surface area contributed by atoms with Crippen molar-refractivity contribution >= 4 is 0 Å². The minimum atomic E-state index is -0.782. The highest BCUT2D eigenvalue weighted by molar-refractivity contribution is 5.38. The van der Waals surface area contributed by atoms with E-state index < -0.39 is 11.6 Å². The van der Waals surface area contributed by atoms with E-state index in [1.807, 2.05) is 6.07 Å². The van der Waals surface area contributed by atoms with Gasteiger partial charge in [-0.2, -0.15) is 19.6 Å². The Labute approximate surface area is 233 Å². The van der Waals surface area contributed by atoms with E-state index in [9.17, 15) is 5.11 Å². The summed E-state index contributed by atoms with van der Waals surface area (Å²) in [5.41, 5.74) is 2.38. The molecule has 39 heavy (non-hydrogen) atoms. The van der Waals surface area contributed by atoms with Gasteiger partial charge in [-0.25, -0.2) is 0 Å². The zero-order valence-corrected chi connectivity index (χ0v) is 23.4. The molecular weight excluding hydrogens is 492 g/mol. The summed E-state index contributed by atoms with van der Waals surface area (Å²) in [6, 6.07) is 7.03. The molecule has 1 aromatic rings.